The summed E-state index contributed by atoms with van der Waals surface area (Å²) in [4.78, 5) is 26.1. The Hall–Kier alpha value is -2.63. The number of hydrogen-bond acceptors (Lipinski definition) is 3. The summed E-state index contributed by atoms with van der Waals surface area (Å²) in [5, 5.41) is 10.8. The van der Waals surface area contributed by atoms with E-state index in [1.54, 1.807) is 4.57 Å². The monoisotopic (exact) mass is 245 g/mol. The Bertz CT molecular complexity index is 563. The molecule has 1 amide bonds. The zero-order valence-corrected chi connectivity index (χ0v) is 9.41. The number of imidazole rings is 1. The van der Waals surface area contributed by atoms with Crippen LogP contribution in [0.1, 0.15) is 10.5 Å². The van der Waals surface area contributed by atoms with E-state index >= 15 is 0 Å². The molecule has 0 unspecified atom stereocenters. The van der Waals surface area contributed by atoms with Gasteiger partial charge in [0.25, 0.3) is 5.91 Å². The normalized spacial score (nSPS) is 10.0. The van der Waals surface area contributed by atoms with E-state index in [9.17, 15) is 9.59 Å². The zero-order chi connectivity index (χ0) is 13.0. The Labute approximate surface area is 103 Å². The van der Waals surface area contributed by atoms with Gasteiger partial charge >= 0.3 is 5.97 Å². The molecule has 2 N–H and O–H groups in total. The molecule has 0 saturated heterocycles. The van der Waals surface area contributed by atoms with Crippen molar-refractivity contribution in [2.45, 2.75) is 0 Å². The Morgan fingerprint density at radius 3 is 2.67 bits per heavy atom. The SMILES string of the molecule is O=C(O)CNC(=O)c1cncn1-c1ccccc1. The maximum Gasteiger partial charge on any atom is 0.322 e. The van der Waals surface area contributed by atoms with Crippen LogP contribution in [-0.4, -0.2) is 33.1 Å². The van der Waals surface area contributed by atoms with Crippen molar-refractivity contribution in [3.8, 4) is 5.69 Å². The molecule has 0 atom stereocenters. The average Bonchev–Trinajstić information content (AvgIpc) is 2.86. The van der Waals surface area contributed by atoms with Crippen LogP contribution in [0.4, 0.5) is 0 Å². The number of carboxylic acid groups (broad SMARTS) is 1. The van der Waals surface area contributed by atoms with E-state index in [0.29, 0.717) is 5.69 Å². The van der Waals surface area contributed by atoms with Gasteiger partial charge in [-0.2, -0.15) is 0 Å². The van der Waals surface area contributed by atoms with Crippen LogP contribution in [0, 0.1) is 0 Å². The highest BCUT2D eigenvalue weighted by atomic mass is 16.4. The number of carbonyl (C=O) groups excluding carboxylic acids is 1. The van der Waals surface area contributed by atoms with Gasteiger partial charge in [0.1, 0.15) is 12.2 Å². The van der Waals surface area contributed by atoms with Crippen molar-refractivity contribution < 1.29 is 14.7 Å². The number of carboxylic acids is 1. The van der Waals surface area contributed by atoms with Crippen LogP contribution in [0.15, 0.2) is 42.9 Å². The largest absolute Gasteiger partial charge is 0.480 e. The zero-order valence-electron chi connectivity index (χ0n) is 9.41. The number of amides is 1. The van der Waals surface area contributed by atoms with Crippen LogP contribution in [-0.2, 0) is 4.79 Å². The van der Waals surface area contributed by atoms with Gasteiger partial charge in [0.2, 0.25) is 0 Å². The van der Waals surface area contributed by atoms with Gasteiger partial charge in [-0.1, -0.05) is 18.2 Å². The molecule has 1 aromatic heterocycles. The molecule has 0 aliphatic rings. The summed E-state index contributed by atoms with van der Waals surface area (Å²) >= 11 is 0. The maximum atomic E-state index is 11.8. The number of para-hydroxylation sites is 1. The number of hydrogen-bond donors (Lipinski definition) is 2. The summed E-state index contributed by atoms with van der Waals surface area (Å²) in [5.74, 6) is -1.56. The molecule has 2 rings (SSSR count). The Balaban J connectivity index is 2.23. The molecule has 0 radical (unpaired) electrons. The van der Waals surface area contributed by atoms with Crippen molar-refractivity contribution in [1.82, 2.24) is 14.9 Å². The predicted molar refractivity (Wildman–Crippen MR) is 63.5 cm³/mol. The van der Waals surface area contributed by atoms with Crippen molar-refractivity contribution in [2.24, 2.45) is 0 Å². The summed E-state index contributed by atoms with van der Waals surface area (Å²) in [7, 11) is 0. The van der Waals surface area contributed by atoms with Crippen LogP contribution in [0.5, 0.6) is 0 Å². The molecule has 92 valence electrons. The van der Waals surface area contributed by atoms with Gasteiger partial charge in [0, 0.05) is 5.69 Å². The Morgan fingerprint density at radius 1 is 1.28 bits per heavy atom. The number of benzene rings is 1. The van der Waals surface area contributed by atoms with Crippen LogP contribution in [0.3, 0.4) is 0 Å². The molecule has 0 spiro atoms. The minimum Gasteiger partial charge on any atom is -0.480 e. The lowest BCUT2D eigenvalue weighted by Crippen LogP contribution is -2.30. The number of nitrogens with one attached hydrogen (secondary N) is 1. The van der Waals surface area contributed by atoms with Crippen LogP contribution in [0.2, 0.25) is 0 Å². The number of rotatable bonds is 4. The number of nitrogens with zero attached hydrogens (tertiary/aromatic N) is 2. The smallest absolute Gasteiger partial charge is 0.322 e. The minimum absolute atomic E-state index is 0.294. The molecule has 2 aromatic rings. The van der Waals surface area contributed by atoms with Gasteiger partial charge in [0.15, 0.2) is 0 Å². The van der Waals surface area contributed by atoms with E-state index in [4.69, 9.17) is 5.11 Å². The molecule has 0 saturated carbocycles. The van der Waals surface area contributed by atoms with E-state index in [1.807, 2.05) is 30.3 Å². The van der Waals surface area contributed by atoms with Crippen molar-refractivity contribution in [3.05, 3.63) is 48.5 Å². The molecule has 1 aromatic carbocycles. The van der Waals surface area contributed by atoms with E-state index in [1.165, 1.54) is 12.5 Å². The van der Waals surface area contributed by atoms with Crippen molar-refractivity contribution in [1.29, 1.82) is 0 Å². The van der Waals surface area contributed by atoms with Gasteiger partial charge in [-0.15, -0.1) is 0 Å². The Kier molecular flexibility index (Phi) is 3.38. The molecule has 18 heavy (non-hydrogen) atoms. The molecular formula is C12H11N3O3. The number of aromatic nitrogens is 2. The minimum atomic E-state index is -1.09. The summed E-state index contributed by atoms with van der Waals surface area (Å²) in [6, 6.07) is 9.21. The summed E-state index contributed by atoms with van der Waals surface area (Å²) < 4.78 is 1.59. The highest BCUT2D eigenvalue weighted by Crippen LogP contribution is 2.10. The molecule has 0 aliphatic heterocycles. The van der Waals surface area contributed by atoms with Gasteiger partial charge in [0.05, 0.1) is 12.5 Å². The second-order valence-electron chi connectivity index (χ2n) is 3.56. The average molecular weight is 245 g/mol. The van der Waals surface area contributed by atoms with Crippen molar-refractivity contribution in [3.63, 3.8) is 0 Å². The standard InChI is InChI=1S/C12H11N3O3/c16-11(17)7-14-12(18)10-6-13-8-15(10)9-4-2-1-3-5-9/h1-6,8H,7H2,(H,14,18)(H,16,17). The highest BCUT2D eigenvalue weighted by molar-refractivity contribution is 5.94. The van der Waals surface area contributed by atoms with Crippen LogP contribution in [0.25, 0.3) is 5.69 Å². The van der Waals surface area contributed by atoms with Crippen molar-refractivity contribution in [2.75, 3.05) is 6.54 Å². The quantitative estimate of drug-likeness (QED) is 0.829. The van der Waals surface area contributed by atoms with E-state index in [-0.39, 0.29) is 0 Å². The van der Waals surface area contributed by atoms with Gasteiger partial charge < -0.3 is 10.4 Å². The highest BCUT2D eigenvalue weighted by Gasteiger charge is 2.13. The van der Waals surface area contributed by atoms with Gasteiger partial charge in [-0.25, -0.2) is 4.98 Å². The molecular weight excluding hydrogens is 234 g/mol. The Morgan fingerprint density at radius 2 is 2.00 bits per heavy atom. The molecule has 0 aliphatic carbocycles. The van der Waals surface area contributed by atoms with Gasteiger partial charge in [-0.05, 0) is 12.1 Å². The van der Waals surface area contributed by atoms with E-state index < -0.39 is 18.4 Å². The molecule has 0 bridgehead atoms. The fourth-order valence-corrected chi connectivity index (χ4v) is 1.50. The third kappa shape index (κ3) is 2.54. The van der Waals surface area contributed by atoms with E-state index in [0.717, 1.165) is 5.69 Å². The second kappa shape index (κ2) is 5.13. The summed E-state index contributed by atoms with van der Waals surface area (Å²) in [6.07, 6.45) is 2.90. The maximum absolute atomic E-state index is 11.8. The van der Waals surface area contributed by atoms with E-state index in [2.05, 4.69) is 10.3 Å². The van der Waals surface area contributed by atoms with Crippen LogP contribution >= 0.6 is 0 Å². The molecule has 1 heterocycles. The van der Waals surface area contributed by atoms with Crippen molar-refractivity contribution >= 4 is 11.9 Å². The first-order chi connectivity index (χ1) is 8.68. The third-order valence-corrected chi connectivity index (χ3v) is 2.31. The third-order valence-electron chi connectivity index (χ3n) is 2.31. The van der Waals surface area contributed by atoms with Gasteiger partial charge in [-0.3, -0.25) is 14.2 Å². The molecule has 0 fully saturated rings. The summed E-state index contributed by atoms with van der Waals surface area (Å²) in [5.41, 5.74) is 1.08. The lowest BCUT2D eigenvalue weighted by Gasteiger charge is -2.07. The first-order valence-electron chi connectivity index (χ1n) is 5.26. The first-order valence-corrected chi connectivity index (χ1v) is 5.26. The fourth-order valence-electron chi connectivity index (χ4n) is 1.50. The lowest BCUT2D eigenvalue weighted by atomic mass is 10.3. The lowest BCUT2D eigenvalue weighted by molar-refractivity contribution is -0.135. The second-order valence-corrected chi connectivity index (χ2v) is 3.56. The topological polar surface area (TPSA) is 84.2 Å². The molecule has 6 nitrogen and oxygen atoms in total. The number of aliphatic carboxylic acids is 1. The van der Waals surface area contributed by atoms with Crippen LogP contribution < -0.4 is 5.32 Å². The predicted octanol–water partition coefficient (Wildman–Crippen LogP) is 0.687. The summed E-state index contributed by atoms with van der Waals surface area (Å²) in [6.45, 7) is -0.418. The first kappa shape index (κ1) is 11.8. The fraction of sp³-hybridized carbons (Fsp3) is 0.0833. The number of carbonyl (C=O) groups is 2. The molecule has 6 heteroatoms.